The van der Waals surface area contributed by atoms with Crippen LogP contribution in [0.4, 0.5) is 5.69 Å². The summed E-state index contributed by atoms with van der Waals surface area (Å²) in [6.45, 7) is 4.59. The molecule has 1 heterocycles. The molecule has 0 atom stereocenters. The molecule has 0 saturated heterocycles. The van der Waals surface area contributed by atoms with Crippen LogP contribution in [0.15, 0.2) is 29.6 Å². The van der Waals surface area contributed by atoms with Crippen molar-refractivity contribution >= 4 is 23.0 Å². The highest BCUT2D eigenvalue weighted by Gasteiger charge is 2.34. The van der Waals surface area contributed by atoms with Crippen molar-refractivity contribution in [2.45, 2.75) is 33.2 Å². The number of hydrogen-bond donors (Lipinski definition) is 2. The molecule has 0 radical (unpaired) electrons. The van der Waals surface area contributed by atoms with Crippen molar-refractivity contribution in [3.05, 3.63) is 45.5 Å². The Balaban J connectivity index is 2.04. The molecular weight excluding hydrogens is 342 g/mol. The first-order valence-electron chi connectivity index (χ1n) is 8.05. The standard InChI is InChI=1S/C17H21N3O4S/c1-3-17(4-2,16(21)22)11-18-9-13-10-25-15(19-13)12-6-5-7-14(8-12)20(23)24/h5-8,10,18H,3-4,9,11H2,1-2H3,(H,21,22). The molecule has 7 nitrogen and oxygen atoms in total. The quantitative estimate of drug-likeness (QED) is 0.520. The first kappa shape index (κ1) is 19.0. The summed E-state index contributed by atoms with van der Waals surface area (Å²) in [6.07, 6.45) is 1.11. The monoisotopic (exact) mass is 363 g/mol. The smallest absolute Gasteiger partial charge is 0.310 e. The fraction of sp³-hybridized carbons (Fsp3) is 0.412. The van der Waals surface area contributed by atoms with Crippen LogP contribution in [0.5, 0.6) is 0 Å². The van der Waals surface area contributed by atoms with E-state index in [2.05, 4.69) is 10.3 Å². The van der Waals surface area contributed by atoms with Gasteiger partial charge in [-0.25, -0.2) is 4.98 Å². The Morgan fingerprint density at radius 2 is 2.12 bits per heavy atom. The predicted molar refractivity (Wildman–Crippen MR) is 96.6 cm³/mol. The topological polar surface area (TPSA) is 105 Å². The number of nitro groups is 1. The lowest BCUT2D eigenvalue weighted by atomic mass is 9.82. The number of nitrogens with one attached hydrogen (secondary N) is 1. The highest BCUT2D eigenvalue weighted by molar-refractivity contribution is 7.13. The number of carbonyl (C=O) groups is 1. The van der Waals surface area contributed by atoms with Gasteiger partial charge in [-0.1, -0.05) is 26.0 Å². The van der Waals surface area contributed by atoms with E-state index in [1.165, 1.54) is 23.5 Å². The normalized spacial score (nSPS) is 11.4. The van der Waals surface area contributed by atoms with Crippen molar-refractivity contribution in [1.82, 2.24) is 10.3 Å². The highest BCUT2D eigenvalue weighted by atomic mass is 32.1. The Bertz CT molecular complexity index is 756. The molecule has 0 spiro atoms. The molecule has 0 unspecified atom stereocenters. The Hall–Kier alpha value is -2.32. The SMILES string of the molecule is CCC(CC)(CNCc1csc(-c2cccc([N+](=O)[O-])c2)n1)C(=O)O. The average molecular weight is 363 g/mol. The van der Waals surface area contributed by atoms with E-state index in [4.69, 9.17) is 0 Å². The second kappa shape index (κ2) is 8.17. The zero-order chi connectivity index (χ0) is 18.4. The van der Waals surface area contributed by atoms with Crippen LogP contribution in [-0.2, 0) is 11.3 Å². The van der Waals surface area contributed by atoms with Crippen LogP contribution in [0.1, 0.15) is 32.4 Å². The van der Waals surface area contributed by atoms with Crippen LogP contribution in [0.2, 0.25) is 0 Å². The minimum atomic E-state index is -0.791. The van der Waals surface area contributed by atoms with Crippen LogP contribution < -0.4 is 5.32 Å². The van der Waals surface area contributed by atoms with E-state index in [1.54, 1.807) is 12.1 Å². The molecule has 0 aliphatic heterocycles. The van der Waals surface area contributed by atoms with Crippen molar-refractivity contribution in [3.8, 4) is 10.6 Å². The van der Waals surface area contributed by atoms with Crippen LogP contribution in [-0.4, -0.2) is 27.5 Å². The molecule has 8 heteroatoms. The van der Waals surface area contributed by atoms with Gasteiger partial charge in [0.25, 0.3) is 5.69 Å². The third kappa shape index (κ3) is 4.40. The van der Waals surface area contributed by atoms with Gasteiger partial charge in [-0.2, -0.15) is 0 Å². The van der Waals surface area contributed by atoms with E-state index < -0.39 is 16.3 Å². The summed E-state index contributed by atoms with van der Waals surface area (Å²) in [4.78, 5) is 26.4. The molecule has 2 N–H and O–H groups in total. The van der Waals surface area contributed by atoms with Gasteiger partial charge in [0.05, 0.1) is 16.0 Å². The molecular formula is C17H21N3O4S. The number of aliphatic carboxylic acids is 1. The summed E-state index contributed by atoms with van der Waals surface area (Å²) in [5.74, 6) is -0.791. The molecule has 0 bridgehead atoms. The third-order valence-corrected chi connectivity index (χ3v) is 5.37. The number of hydrogen-bond acceptors (Lipinski definition) is 6. The molecule has 0 aliphatic carbocycles. The van der Waals surface area contributed by atoms with E-state index in [0.29, 0.717) is 36.5 Å². The van der Waals surface area contributed by atoms with Crippen LogP contribution in [0.25, 0.3) is 10.6 Å². The maximum Gasteiger partial charge on any atom is 0.310 e. The fourth-order valence-corrected chi connectivity index (χ4v) is 3.40. The van der Waals surface area contributed by atoms with Crippen molar-refractivity contribution in [2.75, 3.05) is 6.54 Å². The minimum absolute atomic E-state index is 0.0320. The van der Waals surface area contributed by atoms with E-state index >= 15 is 0 Å². The number of carboxylic acids is 1. The maximum atomic E-state index is 11.5. The second-order valence-corrected chi connectivity index (χ2v) is 6.71. The molecule has 0 fully saturated rings. The predicted octanol–water partition coefficient (Wildman–Crippen LogP) is 3.70. The molecule has 2 rings (SSSR count). The second-order valence-electron chi connectivity index (χ2n) is 5.85. The minimum Gasteiger partial charge on any atom is -0.481 e. The first-order valence-corrected chi connectivity index (χ1v) is 8.93. The Labute approximate surface area is 149 Å². The summed E-state index contributed by atoms with van der Waals surface area (Å²) >= 11 is 1.41. The largest absolute Gasteiger partial charge is 0.481 e. The summed E-state index contributed by atoms with van der Waals surface area (Å²) in [6, 6.07) is 6.36. The number of aromatic nitrogens is 1. The molecule has 0 saturated carbocycles. The lowest BCUT2D eigenvalue weighted by molar-refractivity contribution is -0.384. The fourth-order valence-electron chi connectivity index (χ4n) is 2.58. The molecule has 1 aromatic carbocycles. The van der Waals surface area contributed by atoms with Crippen molar-refractivity contribution in [3.63, 3.8) is 0 Å². The Kier molecular flexibility index (Phi) is 6.22. The van der Waals surface area contributed by atoms with Gasteiger partial charge < -0.3 is 10.4 Å². The zero-order valence-corrected chi connectivity index (χ0v) is 15.0. The van der Waals surface area contributed by atoms with Crippen LogP contribution in [0.3, 0.4) is 0 Å². The van der Waals surface area contributed by atoms with Gasteiger partial charge in [0.1, 0.15) is 5.01 Å². The number of benzene rings is 1. The number of non-ortho nitro benzene ring substituents is 1. The van der Waals surface area contributed by atoms with Gasteiger partial charge in [0.15, 0.2) is 0 Å². The molecule has 25 heavy (non-hydrogen) atoms. The van der Waals surface area contributed by atoms with Gasteiger partial charge in [0, 0.05) is 36.2 Å². The van der Waals surface area contributed by atoms with Crippen LogP contribution >= 0.6 is 11.3 Å². The Morgan fingerprint density at radius 3 is 2.72 bits per heavy atom. The maximum absolute atomic E-state index is 11.5. The van der Waals surface area contributed by atoms with E-state index in [1.807, 2.05) is 19.2 Å². The number of nitrogens with zero attached hydrogens (tertiary/aromatic N) is 2. The lowest BCUT2D eigenvalue weighted by Gasteiger charge is -2.26. The summed E-state index contributed by atoms with van der Waals surface area (Å²) in [7, 11) is 0. The molecule has 2 aromatic rings. The van der Waals surface area contributed by atoms with E-state index in [-0.39, 0.29) is 5.69 Å². The lowest BCUT2D eigenvalue weighted by Crippen LogP contribution is -2.40. The Morgan fingerprint density at radius 1 is 1.40 bits per heavy atom. The van der Waals surface area contributed by atoms with Crippen molar-refractivity contribution < 1.29 is 14.8 Å². The summed E-state index contributed by atoms with van der Waals surface area (Å²) < 4.78 is 0. The van der Waals surface area contributed by atoms with Gasteiger partial charge >= 0.3 is 5.97 Å². The van der Waals surface area contributed by atoms with Crippen LogP contribution in [0, 0.1) is 15.5 Å². The van der Waals surface area contributed by atoms with Gasteiger partial charge in [-0.3, -0.25) is 14.9 Å². The molecule has 0 aliphatic rings. The zero-order valence-electron chi connectivity index (χ0n) is 14.2. The number of rotatable bonds is 9. The number of nitro benzene ring substituents is 1. The highest BCUT2D eigenvalue weighted by Crippen LogP contribution is 2.28. The van der Waals surface area contributed by atoms with E-state index in [0.717, 1.165) is 5.69 Å². The van der Waals surface area contributed by atoms with Gasteiger partial charge in [-0.05, 0) is 12.8 Å². The molecule has 134 valence electrons. The van der Waals surface area contributed by atoms with E-state index in [9.17, 15) is 20.0 Å². The summed E-state index contributed by atoms with van der Waals surface area (Å²) in [5, 5.41) is 26.1. The third-order valence-electron chi connectivity index (χ3n) is 4.43. The van der Waals surface area contributed by atoms with Gasteiger partial charge in [-0.15, -0.1) is 11.3 Å². The number of thiazole rings is 1. The molecule has 1 aromatic heterocycles. The molecule has 0 amide bonds. The van der Waals surface area contributed by atoms with Gasteiger partial charge in [0.2, 0.25) is 0 Å². The van der Waals surface area contributed by atoms with Crippen molar-refractivity contribution in [1.29, 1.82) is 0 Å². The summed E-state index contributed by atoms with van der Waals surface area (Å²) in [5.41, 5.74) is 0.758. The van der Waals surface area contributed by atoms with Crippen molar-refractivity contribution in [2.24, 2.45) is 5.41 Å². The average Bonchev–Trinajstić information content (AvgIpc) is 3.08. The number of carboxylic acid groups (broad SMARTS) is 1. The first-order chi connectivity index (χ1) is 11.9.